The molecule has 180 valence electrons. The number of aliphatic imine (C=N–C) groups is 1. The molecule has 0 spiro atoms. The molecular weight excluding hydrogens is 583 g/mol. The van der Waals surface area contributed by atoms with E-state index in [-0.39, 0.29) is 5.91 Å². The largest absolute Gasteiger partial charge is 0.493 e. The van der Waals surface area contributed by atoms with Gasteiger partial charge in [0.1, 0.15) is 6.61 Å². The van der Waals surface area contributed by atoms with Crippen LogP contribution in [0.25, 0.3) is 16.8 Å². The van der Waals surface area contributed by atoms with E-state index in [2.05, 4.69) is 57.2 Å². The summed E-state index contributed by atoms with van der Waals surface area (Å²) in [5.74, 6) is 1.13. The Morgan fingerprint density at radius 2 is 1.81 bits per heavy atom. The first-order valence-electron chi connectivity index (χ1n) is 11.3. The van der Waals surface area contributed by atoms with Crippen LogP contribution in [0.5, 0.6) is 11.5 Å². The third-order valence-corrected chi connectivity index (χ3v) is 7.43. The Morgan fingerprint density at radius 1 is 1.03 bits per heavy atom. The predicted molar refractivity (Wildman–Crippen MR) is 156 cm³/mol. The van der Waals surface area contributed by atoms with Crippen molar-refractivity contribution in [1.29, 1.82) is 0 Å². The minimum absolute atomic E-state index is 0.170. The van der Waals surface area contributed by atoms with Gasteiger partial charge in [-0.05, 0) is 93.5 Å². The maximum Gasteiger partial charge on any atom is 0.264 e. The lowest BCUT2D eigenvalue weighted by molar-refractivity contribution is -0.115. The van der Waals surface area contributed by atoms with Crippen LogP contribution in [0.3, 0.4) is 0 Å². The number of halogens is 1. The maximum atomic E-state index is 12.6. The van der Waals surface area contributed by atoms with Crippen molar-refractivity contribution in [1.82, 2.24) is 5.32 Å². The van der Waals surface area contributed by atoms with Crippen molar-refractivity contribution in [2.24, 2.45) is 4.99 Å². The Bertz CT molecular complexity index is 1510. The van der Waals surface area contributed by atoms with Crippen LogP contribution in [-0.4, -0.2) is 18.2 Å². The third kappa shape index (κ3) is 5.42. The number of hydrogen-bond acceptors (Lipinski definition) is 5. The van der Waals surface area contributed by atoms with Crippen LogP contribution < -0.4 is 14.8 Å². The summed E-state index contributed by atoms with van der Waals surface area (Å²) in [7, 11) is 1.62. The van der Waals surface area contributed by atoms with E-state index in [9.17, 15) is 4.79 Å². The van der Waals surface area contributed by atoms with Crippen molar-refractivity contribution >= 4 is 68.0 Å². The number of methoxy groups -OCH3 is 1. The first-order chi connectivity index (χ1) is 17.5. The zero-order chi connectivity index (χ0) is 25.1. The normalized spacial score (nSPS) is 15.5. The van der Waals surface area contributed by atoms with Gasteiger partial charge in [0.2, 0.25) is 0 Å². The number of ether oxygens (including phenoxy) is 2. The summed E-state index contributed by atoms with van der Waals surface area (Å²) in [5.41, 5.74) is 3.92. The lowest BCUT2D eigenvalue weighted by Gasteiger charge is -2.15. The number of amidine groups is 1. The Morgan fingerprint density at radius 3 is 2.61 bits per heavy atom. The molecule has 0 unspecified atom stereocenters. The highest BCUT2D eigenvalue weighted by Crippen LogP contribution is 2.37. The Hall–Kier alpha value is -3.30. The van der Waals surface area contributed by atoms with E-state index in [1.165, 1.54) is 22.5 Å². The van der Waals surface area contributed by atoms with Gasteiger partial charge in [0, 0.05) is 0 Å². The Labute approximate surface area is 227 Å². The molecule has 5 rings (SSSR count). The Balaban J connectivity index is 1.36. The van der Waals surface area contributed by atoms with Gasteiger partial charge < -0.3 is 14.8 Å². The average Bonchev–Trinajstić information content (AvgIpc) is 3.22. The van der Waals surface area contributed by atoms with E-state index < -0.39 is 0 Å². The van der Waals surface area contributed by atoms with Crippen LogP contribution in [0.2, 0.25) is 0 Å². The summed E-state index contributed by atoms with van der Waals surface area (Å²) in [6.07, 6.45) is 1.84. The molecule has 0 bridgehead atoms. The molecule has 0 aliphatic carbocycles. The third-order valence-electron chi connectivity index (χ3n) is 5.72. The highest BCUT2D eigenvalue weighted by atomic mass is 127. The van der Waals surface area contributed by atoms with Crippen LogP contribution in [0.4, 0.5) is 5.69 Å². The molecule has 5 nitrogen and oxygen atoms in total. The zero-order valence-electron chi connectivity index (χ0n) is 19.7. The van der Waals surface area contributed by atoms with Crippen molar-refractivity contribution in [3.63, 3.8) is 0 Å². The van der Waals surface area contributed by atoms with Crippen molar-refractivity contribution in [3.8, 4) is 11.5 Å². The molecule has 1 saturated heterocycles. The van der Waals surface area contributed by atoms with Crippen LogP contribution in [0, 0.1) is 10.5 Å². The lowest BCUT2D eigenvalue weighted by Crippen LogP contribution is -2.19. The summed E-state index contributed by atoms with van der Waals surface area (Å²) in [6, 6.07) is 26.2. The summed E-state index contributed by atoms with van der Waals surface area (Å²) in [4.78, 5) is 17.7. The van der Waals surface area contributed by atoms with E-state index >= 15 is 0 Å². The SMILES string of the molecule is COc1cc(/C=C2\SC(=Nc3ccc(C)cc3)NC2=O)cc(I)c1OCc1cccc2ccccc12. The van der Waals surface area contributed by atoms with Gasteiger partial charge in [-0.25, -0.2) is 4.99 Å². The molecule has 1 heterocycles. The zero-order valence-corrected chi connectivity index (χ0v) is 22.7. The maximum absolute atomic E-state index is 12.6. The second kappa shape index (κ2) is 10.8. The number of thioether (sulfide) groups is 1. The number of amides is 1. The molecule has 4 aromatic carbocycles. The number of benzene rings is 4. The number of fused-ring (bicyclic) bond motifs is 1. The minimum atomic E-state index is -0.170. The molecule has 0 saturated carbocycles. The van der Waals surface area contributed by atoms with Gasteiger partial charge in [-0.3, -0.25) is 4.79 Å². The molecule has 1 N–H and O–H groups in total. The molecule has 0 aromatic heterocycles. The topological polar surface area (TPSA) is 59.9 Å². The summed E-state index contributed by atoms with van der Waals surface area (Å²) in [6.45, 7) is 2.45. The molecule has 1 aliphatic heterocycles. The molecule has 1 amide bonds. The predicted octanol–water partition coefficient (Wildman–Crippen LogP) is 7.23. The second-order valence-corrected chi connectivity index (χ2v) is 10.5. The van der Waals surface area contributed by atoms with Crippen LogP contribution in [0.1, 0.15) is 16.7 Å². The fourth-order valence-electron chi connectivity index (χ4n) is 3.90. The van der Waals surface area contributed by atoms with Gasteiger partial charge in [-0.1, -0.05) is 60.2 Å². The number of carbonyl (C=O) groups is 1. The molecule has 0 atom stereocenters. The summed E-state index contributed by atoms with van der Waals surface area (Å²) < 4.78 is 12.8. The van der Waals surface area contributed by atoms with Crippen LogP contribution >= 0.6 is 34.4 Å². The smallest absolute Gasteiger partial charge is 0.264 e. The van der Waals surface area contributed by atoms with Crippen LogP contribution in [-0.2, 0) is 11.4 Å². The van der Waals surface area contributed by atoms with Gasteiger partial charge in [-0.2, -0.15) is 0 Å². The lowest BCUT2D eigenvalue weighted by atomic mass is 10.1. The highest BCUT2D eigenvalue weighted by Gasteiger charge is 2.24. The van der Waals surface area contributed by atoms with Crippen molar-refractivity contribution in [3.05, 3.63) is 104 Å². The Kier molecular flexibility index (Phi) is 7.29. The second-order valence-electron chi connectivity index (χ2n) is 8.28. The summed E-state index contributed by atoms with van der Waals surface area (Å²) >= 11 is 3.56. The number of hydrogen-bond donors (Lipinski definition) is 1. The standard InChI is InChI=1S/C29H23IN2O3S/c1-18-10-12-22(13-11-18)31-29-32-28(33)26(36-29)16-19-14-24(30)27(25(15-19)34-2)35-17-21-8-5-7-20-6-3-4-9-23(20)21/h3-16H,17H2,1-2H3,(H,31,32,33)/b26-16-. The number of rotatable bonds is 6. The van der Waals surface area contributed by atoms with Gasteiger partial charge in [0.25, 0.3) is 5.91 Å². The van der Waals surface area contributed by atoms with E-state index in [4.69, 9.17) is 9.47 Å². The first kappa shape index (κ1) is 24.4. The van der Waals surface area contributed by atoms with Gasteiger partial charge >= 0.3 is 0 Å². The molecule has 1 fully saturated rings. The van der Waals surface area contributed by atoms with Crippen molar-refractivity contribution in [2.75, 3.05) is 7.11 Å². The quantitative estimate of drug-likeness (QED) is 0.186. The fourth-order valence-corrected chi connectivity index (χ4v) is 5.52. The highest BCUT2D eigenvalue weighted by molar-refractivity contribution is 14.1. The van der Waals surface area contributed by atoms with E-state index in [1.807, 2.05) is 67.6 Å². The van der Waals surface area contributed by atoms with E-state index in [1.54, 1.807) is 7.11 Å². The van der Waals surface area contributed by atoms with Gasteiger partial charge in [-0.15, -0.1) is 0 Å². The molecule has 1 aliphatic rings. The molecular formula is C29H23IN2O3S. The van der Waals surface area contributed by atoms with Gasteiger partial charge in [0.05, 0.1) is 21.3 Å². The molecule has 7 heteroatoms. The van der Waals surface area contributed by atoms with Crippen molar-refractivity contribution < 1.29 is 14.3 Å². The van der Waals surface area contributed by atoms with Crippen molar-refractivity contribution in [2.45, 2.75) is 13.5 Å². The fraction of sp³-hybridized carbons (Fsp3) is 0.103. The minimum Gasteiger partial charge on any atom is -0.493 e. The number of nitrogens with one attached hydrogen (secondary N) is 1. The van der Waals surface area contributed by atoms with E-state index in [0.29, 0.717) is 28.2 Å². The number of aryl methyl sites for hydroxylation is 1. The number of carbonyl (C=O) groups excluding carboxylic acids is 1. The monoisotopic (exact) mass is 606 g/mol. The first-order valence-corrected chi connectivity index (χ1v) is 13.2. The average molecular weight is 606 g/mol. The molecule has 36 heavy (non-hydrogen) atoms. The van der Waals surface area contributed by atoms with Gasteiger partial charge in [0.15, 0.2) is 16.7 Å². The van der Waals surface area contributed by atoms with Crippen LogP contribution in [0.15, 0.2) is 88.8 Å². The number of nitrogens with zero attached hydrogens (tertiary/aromatic N) is 1. The molecule has 4 aromatic rings. The van der Waals surface area contributed by atoms with E-state index in [0.717, 1.165) is 25.9 Å². The molecule has 0 radical (unpaired) electrons. The summed E-state index contributed by atoms with van der Waals surface area (Å²) in [5, 5.41) is 5.75.